The van der Waals surface area contributed by atoms with Gasteiger partial charge >= 0.3 is 0 Å². The number of piperazine rings is 1. The second-order valence-electron chi connectivity index (χ2n) is 8.79. The molecule has 3 amide bonds. The predicted molar refractivity (Wildman–Crippen MR) is 114 cm³/mol. The maximum absolute atomic E-state index is 13.6. The standard InChI is InChI=1S/C23H23N5O3/c1-4-22(2,3)23-10-18-19(30)26-16(9-14-11-24-12-25-14)20(31)28(18)21(23)27(13-29)17-8-6-5-7-15(17)23/h4-9,11-13,18,21H,1,10H2,2-3H3,(H,24,25)(H,26,30). The van der Waals surface area contributed by atoms with Gasteiger partial charge in [0.2, 0.25) is 12.3 Å². The number of imidazole rings is 1. The molecule has 158 valence electrons. The Kier molecular flexibility index (Phi) is 3.99. The number of nitrogens with one attached hydrogen (secondary N) is 2. The van der Waals surface area contributed by atoms with Crippen molar-refractivity contribution in [2.24, 2.45) is 5.41 Å². The van der Waals surface area contributed by atoms with Crippen LogP contribution in [-0.4, -0.2) is 45.3 Å². The fourth-order valence-electron chi connectivity index (χ4n) is 5.46. The summed E-state index contributed by atoms with van der Waals surface area (Å²) in [4.78, 5) is 49.1. The van der Waals surface area contributed by atoms with Gasteiger partial charge < -0.3 is 15.2 Å². The predicted octanol–water partition coefficient (Wildman–Crippen LogP) is 1.93. The number of fused-ring (bicyclic) bond motifs is 5. The van der Waals surface area contributed by atoms with Gasteiger partial charge in [0.15, 0.2) is 0 Å². The molecule has 0 spiro atoms. The van der Waals surface area contributed by atoms with E-state index >= 15 is 0 Å². The number of nitrogens with zero attached hydrogens (tertiary/aromatic N) is 3. The van der Waals surface area contributed by atoms with Gasteiger partial charge in [-0.25, -0.2) is 4.98 Å². The monoisotopic (exact) mass is 417 g/mol. The fraction of sp³-hybridized carbons (Fsp3) is 0.304. The molecule has 31 heavy (non-hydrogen) atoms. The molecule has 0 saturated carbocycles. The number of carbonyl (C=O) groups excluding carboxylic acids is 3. The zero-order valence-corrected chi connectivity index (χ0v) is 17.3. The summed E-state index contributed by atoms with van der Waals surface area (Å²) in [5.74, 6) is -0.590. The molecule has 4 heterocycles. The number of carbonyl (C=O) groups is 3. The minimum absolute atomic E-state index is 0.152. The highest BCUT2D eigenvalue weighted by molar-refractivity contribution is 6.09. The van der Waals surface area contributed by atoms with E-state index in [9.17, 15) is 14.4 Å². The van der Waals surface area contributed by atoms with Crippen molar-refractivity contribution in [3.05, 3.63) is 66.4 Å². The molecule has 3 aliphatic heterocycles. The summed E-state index contributed by atoms with van der Waals surface area (Å²) in [6, 6.07) is 6.98. The van der Waals surface area contributed by atoms with Gasteiger partial charge in [-0.15, -0.1) is 6.58 Å². The summed E-state index contributed by atoms with van der Waals surface area (Å²) in [7, 11) is 0. The van der Waals surface area contributed by atoms with Crippen LogP contribution in [0.25, 0.3) is 6.08 Å². The Bertz CT molecular complexity index is 1140. The van der Waals surface area contributed by atoms with E-state index < -0.39 is 23.0 Å². The normalized spacial score (nSPS) is 28.3. The molecule has 5 rings (SSSR count). The molecule has 2 aromatic rings. The van der Waals surface area contributed by atoms with E-state index in [2.05, 4.69) is 21.9 Å². The van der Waals surface area contributed by atoms with Gasteiger partial charge in [-0.05, 0) is 29.5 Å². The van der Waals surface area contributed by atoms with Crippen LogP contribution in [0.4, 0.5) is 5.69 Å². The highest BCUT2D eigenvalue weighted by Crippen LogP contribution is 2.62. The van der Waals surface area contributed by atoms with E-state index in [0.29, 0.717) is 12.1 Å². The van der Waals surface area contributed by atoms with Gasteiger partial charge in [-0.3, -0.25) is 19.3 Å². The largest absolute Gasteiger partial charge is 0.345 e. The Labute approximate surface area is 179 Å². The third-order valence-corrected chi connectivity index (χ3v) is 7.10. The first-order valence-electron chi connectivity index (χ1n) is 10.2. The van der Waals surface area contributed by atoms with Gasteiger partial charge in [0.25, 0.3) is 5.91 Å². The molecule has 0 radical (unpaired) electrons. The van der Waals surface area contributed by atoms with Crippen LogP contribution >= 0.6 is 0 Å². The topological polar surface area (TPSA) is 98.4 Å². The van der Waals surface area contributed by atoms with Crippen molar-refractivity contribution < 1.29 is 14.4 Å². The van der Waals surface area contributed by atoms with Crippen LogP contribution in [0, 0.1) is 5.41 Å². The van der Waals surface area contributed by atoms with E-state index in [0.717, 1.165) is 17.7 Å². The average Bonchev–Trinajstić information content (AvgIpc) is 3.45. The van der Waals surface area contributed by atoms with Gasteiger partial charge in [-0.2, -0.15) is 0 Å². The molecule has 0 bridgehead atoms. The minimum atomic E-state index is -0.688. The lowest BCUT2D eigenvalue weighted by Gasteiger charge is -2.45. The minimum Gasteiger partial charge on any atom is -0.345 e. The SMILES string of the molecule is C=CC(C)(C)C12CC3C(=O)NC(=Cc4cnc[nH]4)C(=O)N3C1N(C=O)c1ccccc12. The zero-order valence-electron chi connectivity index (χ0n) is 17.3. The Balaban J connectivity index is 1.71. The average molecular weight is 417 g/mol. The smallest absolute Gasteiger partial charge is 0.272 e. The van der Waals surface area contributed by atoms with E-state index in [4.69, 9.17) is 0 Å². The van der Waals surface area contributed by atoms with Crippen LogP contribution in [0.2, 0.25) is 0 Å². The van der Waals surface area contributed by atoms with Gasteiger partial charge in [-0.1, -0.05) is 38.1 Å². The van der Waals surface area contributed by atoms with Crippen molar-refractivity contribution in [3.8, 4) is 0 Å². The van der Waals surface area contributed by atoms with Crippen molar-refractivity contribution in [1.29, 1.82) is 0 Å². The van der Waals surface area contributed by atoms with Crippen LogP contribution in [0.3, 0.4) is 0 Å². The Morgan fingerprint density at radius 3 is 2.74 bits per heavy atom. The van der Waals surface area contributed by atoms with Gasteiger partial charge in [0.05, 0.1) is 18.2 Å². The van der Waals surface area contributed by atoms with Crippen molar-refractivity contribution in [2.75, 3.05) is 4.90 Å². The van der Waals surface area contributed by atoms with Gasteiger partial charge in [0, 0.05) is 11.1 Å². The number of rotatable bonds is 4. The first-order chi connectivity index (χ1) is 14.9. The summed E-state index contributed by atoms with van der Waals surface area (Å²) in [5, 5.41) is 2.76. The first kappa shape index (κ1) is 19.3. The summed E-state index contributed by atoms with van der Waals surface area (Å²) >= 11 is 0. The number of benzene rings is 1. The van der Waals surface area contributed by atoms with Crippen molar-refractivity contribution in [3.63, 3.8) is 0 Å². The molecule has 1 aromatic heterocycles. The number of hydrogen-bond donors (Lipinski definition) is 2. The summed E-state index contributed by atoms with van der Waals surface area (Å²) < 4.78 is 0. The van der Waals surface area contributed by atoms with E-state index in [-0.39, 0.29) is 17.5 Å². The molecule has 8 heteroatoms. The molecule has 2 saturated heterocycles. The van der Waals surface area contributed by atoms with E-state index in [1.54, 1.807) is 22.1 Å². The van der Waals surface area contributed by atoms with Crippen molar-refractivity contribution in [1.82, 2.24) is 20.2 Å². The molecule has 0 aliphatic carbocycles. The third kappa shape index (κ3) is 2.35. The second kappa shape index (κ2) is 6.41. The number of hydrogen-bond acceptors (Lipinski definition) is 4. The van der Waals surface area contributed by atoms with Crippen LogP contribution in [0.5, 0.6) is 0 Å². The number of aromatic amines is 1. The quantitative estimate of drug-likeness (QED) is 0.451. The molecule has 3 unspecified atom stereocenters. The Hall–Kier alpha value is -3.68. The molecular formula is C23H23N5O3. The van der Waals surface area contributed by atoms with Crippen LogP contribution in [0.15, 0.2) is 55.1 Å². The molecule has 2 N–H and O–H groups in total. The maximum atomic E-state index is 13.6. The maximum Gasteiger partial charge on any atom is 0.272 e. The molecule has 3 aliphatic rings. The molecule has 8 nitrogen and oxygen atoms in total. The van der Waals surface area contributed by atoms with Crippen LogP contribution in [0.1, 0.15) is 31.5 Å². The van der Waals surface area contributed by atoms with Gasteiger partial charge in [0.1, 0.15) is 17.9 Å². The highest BCUT2D eigenvalue weighted by atomic mass is 16.2. The van der Waals surface area contributed by atoms with Crippen LogP contribution in [-0.2, 0) is 19.8 Å². The molecule has 3 atom stereocenters. The van der Waals surface area contributed by atoms with E-state index in [1.165, 1.54) is 6.33 Å². The van der Waals surface area contributed by atoms with Crippen molar-refractivity contribution >= 4 is 30.0 Å². The number of allylic oxidation sites excluding steroid dienone is 1. The van der Waals surface area contributed by atoms with Crippen molar-refractivity contribution in [2.45, 2.75) is 37.9 Å². The second-order valence-corrected chi connectivity index (χ2v) is 8.79. The first-order valence-corrected chi connectivity index (χ1v) is 10.2. The molecule has 2 fully saturated rings. The number of anilines is 1. The summed E-state index contributed by atoms with van der Waals surface area (Å²) in [5.41, 5.74) is 1.28. The van der Waals surface area contributed by atoms with E-state index in [1.807, 2.05) is 44.2 Å². The number of amides is 3. The lowest BCUT2D eigenvalue weighted by atomic mass is 9.60. The zero-order chi connectivity index (χ0) is 22.0. The molecule has 1 aromatic carbocycles. The Morgan fingerprint density at radius 2 is 2.06 bits per heavy atom. The number of aromatic nitrogens is 2. The summed E-state index contributed by atoms with van der Waals surface area (Å²) in [6.45, 7) is 8.13. The number of para-hydroxylation sites is 1. The third-order valence-electron chi connectivity index (χ3n) is 7.10. The number of H-pyrrole nitrogens is 1. The Morgan fingerprint density at radius 1 is 1.29 bits per heavy atom. The highest BCUT2D eigenvalue weighted by Gasteiger charge is 2.69. The fourth-order valence-corrected chi connectivity index (χ4v) is 5.46. The lowest BCUT2D eigenvalue weighted by molar-refractivity contribution is -0.142. The molecular weight excluding hydrogens is 394 g/mol. The lowest BCUT2D eigenvalue weighted by Crippen LogP contribution is -2.61. The summed E-state index contributed by atoms with van der Waals surface area (Å²) in [6.07, 6.45) is 7.00. The van der Waals surface area contributed by atoms with Crippen LogP contribution < -0.4 is 10.2 Å².